The van der Waals surface area contributed by atoms with Gasteiger partial charge in [0.15, 0.2) is 5.82 Å². The van der Waals surface area contributed by atoms with Gasteiger partial charge < -0.3 is 16.0 Å². The highest BCUT2D eigenvalue weighted by atomic mass is 35.5. The molecule has 1 aromatic rings. The topological polar surface area (TPSA) is 76.2 Å². The Kier molecular flexibility index (Phi) is 10.7. The highest BCUT2D eigenvalue weighted by molar-refractivity contribution is 5.96. The Morgan fingerprint density at radius 2 is 2.10 bits per heavy atom. The summed E-state index contributed by atoms with van der Waals surface area (Å²) in [6.07, 6.45) is 3.38. The first-order chi connectivity index (χ1) is 8.85. The molecule has 1 aromatic heterocycles. The van der Waals surface area contributed by atoms with E-state index in [4.69, 9.17) is 5.73 Å². The molecule has 6 nitrogen and oxygen atoms in total. The molecular weight excluding hydrogens is 313 g/mol. The standard InChI is InChI=1S/C13H25N5O.2ClH/c1-5-7-13(2,14)12(19)15-11-6-8-18(16-11)10-9-17(3)4;;/h6,8H,5,7,9-10,14H2,1-4H3,(H,15,16,19);2*1H. The first-order valence-corrected chi connectivity index (χ1v) is 6.63. The Morgan fingerprint density at radius 3 is 2.62 bits per heavy atom. The molecule has 0 fully saturated rings. The second-order valence-corrected chi connectivity index (χ2v) is 5.39. The molecule has 1 rings (SSSR count). The second-order valence-electron chi connectivity index (χ2n) is 5.39. The van der Waals surface area contributed by atoms with Gasteiger partial charge in [0.05, 0.1) is 12.1 Å². The van der Waals surface area contributed by atoms with Crippen molar-refractivity contribution in [3.8, 4) is 0 Å². The monoisotopic (exact) mass is 339 g/mol. The van der Waals surface area contributed by atoms with E-state index in [1.54, 1.807) is 13.0 Å². The van der Waals surface area contributed by atoms with Crippen molar-refractivity contribution in [2.75, 3.05) is 26.0 Å². The Hall–Kier alpha value is -0.820. The number of nitrogens with two attached hydrogens (primary N) is 1. The normalized spacial score (nSPS) is 13.0. The van der Waals surface area contributed by atoms with Crippen molar-refractivity contribution in [3.63, 3.8) is 0 Å². The van der Waals surface area contributed by atoms with Crippen LogP contribution >= 0.6 is 24.8 Å². The lowest BCUT2D eigenvalue weighted by molar-refractivity contribution is -0.120. The molecule has 1 atom stereocenters. The molecular formula is C13H27Cl2N5O. The van der Waals surface area contributed by atoms with Crippen LogP contribution in [0.2, 0.25) is 0 Å². The van der Waals surface area contributed by atoms with E-state index in [0.29, 0.717) is 12.2 Å². The smallest absolute Gasteiger partial charge is 0.245 e. The lowest BCUT2D eigenvalue weighted by Crippen LogP contribution is -2.48. The van der Waals surface area contributed by atoms with E-state index in [1.165, 1.54) is 0 Å². The van der Waals surface area contributed by atoms with Crippen LogP contribution in [-0.4, -0.2) is 46.8 Å². The SMILES string of the molecule is CCCC(C)(N)C(=O)Nc1ccn(CCN(C)C)n1.Cl.Cl. The van der Waals surface area contributed by atoms with Crippen LogP contribution in [0.25, 0.3) is 0 Å². The number of rotatable bonds is 7. The highest BCUT2D eigenvalue weighted by Gasteiger charge is 2.27. The summed E-state index contributed by atoms with van der Waals surface area (Å²) in [5.74, 6) is 0.365. The zero-order valence-electron chi connectivity index (χ0n) is 13.1. The zero-order valence-corrected chi connectivity index (χ0v) is 14.8. The average molecular weight is 340 g/mol. The van der Waals surface area contributed by atoms with E-state index in [2.05, 4.69) is 15.3 Å². The summed E-state index contributed by atoms with van der Waals surface area (Å²) in [5.41, 5.74) is 5.13. The van der Waals surface area contributed by atoms with E-state index >= 15 is 0 Å². The number of likely N-dealkylation sites (N-methyl/N-ethyl adjacent to an activating group) is 1. The van der Waals surface area contributed by atoms with Gasteiger partial charge in [-0.25, -0.2) is 0 Å². The Bertz CT molecular complexity index is 420. The summed E-state index contributed by atoms with van der Waals surface area (Å²) in [4.78, 5) is 14.1. The average Bonchev–Trinajstić information content (AvgIpc) is 2.74. The number of carbonyl (C=O) groups is 1. The molecule has 0 bridgehead atoms. The van der Waals surface area contributed by atoms with E-state index < -0.39 is 5.54 Å². The Balaban J connectivity index is 0. The van der Waals surface area contributed by atoms with Crippen LogP contribution in [0.1, 0.15) is 26.7 Å². The Morgan fingerprint density at radius 1 is 1.48 bits per heavy atom. The number of hydrogen-bond donors (Lipinski definition) is 2. The number of amides is 1. The fourth-order valence-electron chi connectivity index (χ4n) is 1.75. The number of nitrogens with zero attached hydrogens (tertiary/aromatic N) is 3. The lowest BCUT2D eigenvalue weighted by atomic mass is 9.97. The van der Waals surface area contributed by atoms with Gasteiger partial charge in [-0.3, -0.25) is 9.48 Å². The Labute approximate surface area is 139 Å². The predicted octanol–water partition coefficient (Wildman–Crippen LogP) is 1.74. The number of halogens is 2. The van der Waals surface area contributed by atoms with Gasteiger partial charge in [-0.1, -0.05) is 13.3 Å². The lowest BCUT2D eigenvalue weighted by Gasteiger charge is -2.21. The minimum absolute atomic E-state index is 0. The van der Waals surface area contributed by atoms with Crippen LogP contribution in [-0.2, 0) is 11.3 Å². The molecule has 0 saturated heterocycles. The molecule has 0 saturated carbocycles. The van der Waals surface area contributed by atoms with E-state index in [0.717, 1.165) is 19.5 Å². The van der Waals surface area contributed by atoms with Crippen LogP contribution in [0.5, 0.6) is 0 Å². The molecule has 124 valence electrons. The van der Waals surface area contributed by atoms with E-state index in [1.807, 2.05) is 31.9 Å². The summed E-state index contributed by atoms with van der Waals surface area (Å²) in [6.45, 7) is 5.44. The molecule has 3 N–H and O–H groups in total. The van der Waals surface area contributed by atoms with Crippen LogP contribution < -0.4 is 11.1 Å². The maximum atomic E-state index is 12.0. The van der Waals surface area contributed by atoms with E-state index in [-0.39, 0.29) is 30.7 Å². The summed E-state index contributed by atoms with van der Waals surface area (Å²) >= 11 is 0. The first kappa shape index (κ1) is 22.5. The van der Waals surface area contributed by atoms with Crippen LogP contribution in [0, 0.1) is 0 Å². The molecule has 21 heavy (non-hydrogen) atoms. The number of anilines is 1. The molecule has 0 aliphatic heterocycles. The van der Waals surface area contributed by atoms with Crippen molar-refractivity contribution in [1.29, 1.82) is 0 Å². The third-order valence-electron chi connectivity index (χ3n) is 2.95. The van der Waals surface area contributed by atoms with E-state index in [9.17, 15) is 4.79 Å². The molecule has 8 heteroatoms. The van der Waals surface area contributed by atoms with Gasteiger partial charge >= 0.3 is 0 Å². The molecule has 1 heterocycles. The summed E-state index contributed by atoms with van der Waals surface area (Å²) in [5, 5.41) is 7.06. The largest absolute Gasteiger partial charge is 0.318 e. The van der Waals surface area contributed by atoms with Crippen molar-refractivity contribution in [2.24, 2.45) is 5.73 Å². The highest BCUT2D eigenvalue weighted by Crippen LogP contribution is 2.12. The minimum Gasteiger partial charge on any atom is -0.318 e. The summed E-state index contributed by atoms with van der Waals surface area (Å²) < 4.78 is 1.81. The third-order valence-corrected chi connectivity index (χ3v) is 2.95. The molecule has 0 spiro atoms. The van der Waals surface area contributed by atoms with Gasteiger partial charge in [0.1, 0.15) is 0 Å². The minimum atomic E-state index is -0.845. The maximum Gasteiger partial charge on any atom is 0.245 e. The molecule has 1 unspecified atom stereocenters. The first-order valence-electron chi connectivity index (χ1n) is 6.63. The number of carbonyl (C=O) groups excluding carboxylic acids is 1. The van der Waals surface area contributed by atoms with Crippen LogP contribution in [0.15, 0.2) is 12.3 Å². The summed E-state index contributed by atoms with van der Waals surface area (Å²) in [6, 6.07) is 1.79. The van der Waals surface area contributed by atoms with Gasteiger partial charge in [-0.2, -0.15) is 5.10 Å². The second kappa shape index (κ2) is 10.00. The molecule has 1 amide bonds. The van der Waals surface area contributed by atoms with Gasteiger partial charge in [0, 0.05) is 18.8 Å². The van der Waals surface area contributed by atoms with Crippen molar-refractivity contribution in [1.82, 2.24) is 14.7 Å². The van der Waals surface area contributed by atoms with Crippen LogP contribution in [0.4, 0.5) is 5.82 Å². The van der Waals surface area contributed by atoms with Crippen molar-refractivity contribution >= 4 is 36.5 Å². The zero-order chi connectivity index (χ0) is 14.5. The van der Waals surface area contributed by atoms with Crippen molar-refractivity contribution in [3.05, 3.63) is 12.3 Å². The molecule has 0 aliphatic carbocycles. The van der Waals surface area contributed by atoms with Gasteiger partial charge in [-0.15, -0.1) is 24.8 Å². The predicted molar refractivity (Wildman–Crippen MR) is 91.4 cm³/mol. The molecule has 0 radical (unpaired) electrons. The van der Waals surface area contributed by atoms with Gasteiger partial charge in [-0.05, 0) is 27.4 Å². The fraction of sp³-hybridized carbons (Fsp3) is 0.692. The van der Waals surface area contributed by atoms with Crippen molar-refractivity contribution in [2.45, 2.75) is 38.8 Å². The summed E-state index contributed by atoms with van der Waals surface area (Å²) in [7, 11) is 4.02. The quantitative estimate of drug-likeness (QED) is 0.793. The van der Waals surface area contributed by atoms with Crippen LogP contribution in [0.3, 0.4) is 0 Å². The third kappa shape index (κ3) is 7.66. The van der Waals surface area contributed by atoms with Gasteiger partial charge in [0.25, 0.3) is 0 Å². The molecule has 0 aromatic carbocycles. The number of nitrogens with one attached hydrogen (secondary N) is 1. The van der Waals surface area contributed by atoms with Gasteiger partial charge in [0.2, 0.25) is 5.91 Å². The maximum absolute atomic E-state index is 12.0. The number of aromatic nitrogens is 2. The fourth-order valence-corrected chi connectivity index (χ4v) is 1.75. The molecule has 0 aliphatic rings. The number of hydrogen-bond acceptors (Lipinski definition) is 4. The van der Waals surface area contributed by atoms with Crippen molar-refractivity contribution < 1.29 is 4.79 Å².